The lowest BCUT2D eigenvalue weighted by atomic mass is 10.2. The molecule has 6 nitrogen and oxygen atoms in total. The number of sulfonamides is 1. The van der Waals surface area contributed by atoms with E-state index in [1.165, 1.54) is 37.6 Å². The van der Waals surface area contributed by atoms with Crippen LogP contribution in [0.2, 0.25) is 5.02 Å². The van der Waals surface area contributed by atoms with E-state index in [9.17, 15) is 13.5 Å². The Morgan fingerprint density at radius 3 is 2.74 bits per heavy atom. The lowest BCUT2D eigenvalue weighted by Crippen LogP contribution is -2.19. The first kappa shape index (κ1) is 17.6. The monoisotopic (exact) mass is 418 g/mol. The minimum atomic E-state index is -3.97. The van der Waals surface area contributed by atoms with Gasteiger partial charge in [-0.3, -0.25) is 0 Å². The van der Waals surface area contributed by atoms with Crippen molar-refractivity contribution in [3.05, 3.63) is 51.5 Å². The van der Waals surface area contributed by atoms with Crippen molar-refractivity contribution in [2.24, 2.45) is 5.10 Å². The van der Waals surface area contributed by atoms with Gasteiger partial charge in [-0.05, 0) is 36.4 Å². The minimum absolute atomic E-state index is 0.0310. The Labute approximate surface area is 146 Å². The van der Waals surface area contributed by atoms with Crippen molar-refractivity contribution in [2.75, 3.05) is 7.11 Å². The number of phenols is 1. The van der Waals surface area contributed by atoms with E-state index >= 15 is 0 Å². The Morgan fingerprint density at radius 1 is 1.30 bits per heavy atom. The first-order valence-corrected chi connectivity index (χ1v) is 8.86. The van der Waals surface area contributed by atoms with Crippen LogP contribution in [0.5, 0.6) is 11.5 Å². The summed E-state index contributed by atoms with van der Waals surface area (Å²) in [6, 6.07) is 8.92. The number of phenolic OH excluding ortho intramolecular Hbond substituents is 1. The predicted molar refractivity (Wildman–Crippen MR) is 91.7 cm³/mol. The van der Waals surface area contributed by atoms with Crippen LogP contribution in [0.3, 0.4) is 0 Å². The molecule has 0 aromatic heterocycles. The van der Waals surface area contributed by atoms with Gasteiger partial charge in [0, 0.05) is 15.1 Å². The molecule has 0 heterocycles. The summed E-state index contributed by atoms with van der Waals surface area (Å²) in [5.74, 6) is 0.110. The van der Waals surface area contributed by atoms with Crippen LogP contribution in [0.15, 0.2) is 50.9 Å². The van der Waals surface area contributed by atoms with Crippen LogP contribution in [-0.2, 0) is 10.0 Å². The topological polar surface area (TPSA) is 88.0 Å². The van der Waals surface area contributed by atoms with E-state index in [-0.39, 0.29) is 21.4 Å². The number of nitrogens with zero attached hydrogens (tertiary/aromatic N) is 1. The van der Waals surface area contributed by atoms with Gasteiger partial charge < -0.3 is 9.84 Å². The van der Waals surface area contributed by atoms with Gasteiger partial charge in [0.2, 0.25) is 0 Å². The van der Waals surface area contributed by atoms with Crippen LogP contribution in [0.1, 0.15) is 5.56 Å². The molecule has 0 fully saturated rings. The molecule has 2 N–H and O–H groups in total. The number of ether oxygens (including phenoxy) is 1. The second kappa shape index (κ2) is 7.20. The van der Waals surface area contributed by atoms with E-state index in [2.05, 4.69) is 21.0 Å². The van der Waals surface area contributed by atoms with Crippen LogP contribution in [0.25, 0.3) is 0 Å². The third-order valence-corrected chi connectivity index (χ3v) is 4.75. The Hall–Kier alpha value is -1.77. The second-order valence-corrected chi connectivity index (χ2v) is 7.33. The van der Waals surface area contributed by atoms with E-state index in [4.69, 9.17) is 16.3 Å². The maximum Gasteiger partial charge on any atom is 0.280 e. The quantitative estimate of drug-likeness (QED) is 0.576. The molecule has 0 aliphatic heterocycles. The number of hydrogen-bond acceptors (Lipinski definition) is 5. The van der Waals surface area contributed by atoms with E-state index < -0.39 is 10.0 Å². The predicted octanol–water partition coefficient (Wildman–Crippen LogP) is 3.13. The molecule has 0 amide bonds. The number of benzene rings is 2. The van der Waals surface area contributed by atoms with Crippen LogP contribution < -0.4 is 9.57 Å². The third-order valence-electron chi connectivity index (χ3n) is 2.78. The lowest BCUT2D eigenvalue weighted by molar-refractivity contribution is 0.402. The number of hydrogen-bond donors (Lipinski definition) is 2. The van der Waals surface area contributed by atoms with Gasteiger partial charge in [-0.1, -0.05) is 27.5 Å². The van der Waals surface area contributed by atoms with Crippen LogP contribution in [0.4, 0.5) is 0 Å². The number of rotatable bonds is 5. The summed E-state index contributed by atoms with van der Waals surface area (Å²) in [5, 5.41) is 13.6. The highest BCUT2D eigenvalue weighted by Crippen LogP contribution is 2.27. The molecule has 23 heavy (non-hydrogen) atoms. The Bertz CT molecular complexity index is 856. The fraction of sp³-hybridized carbons (Fsp3) is 0.0714. The zero-order valence-electron chi connectivity index (χ0n) is 11.8. The average molecular weight is 420 g/mol. The summed E-state index contributed by atoms with van der Waals surface area (Å²) in [6.45, 7) is 0. The molecule has 2 rings (SSSR count). The Kier molecular flexibility index (Phi) is 5.51. The molecule has 0 unspecified atom stereocenters. The maximum absolute atomic E-state index is 12.3. The lowest BCUT2D eigenvalue weighted by Gasteiger charge is -2.09. The van der Waals surface area contributed by atoms with E-state index in [1.54, 1.807) is 12.1 Å². The van der Waals surface area contributed by atoms with Crippen LogP contribution in [0, 0.1) is 0 Å². The van der Waals surface area contributed by atoms with Crippen molar-refractivity contribution < 1.29 is 18.3 Å². The fourth-order valence-corrected chi connectivity index (χ4v) is 3.31. The average Bonchev–Trinajstić information content (AvgIpc) is 2.50. The van der Waals surface area contributed by atoms with E-state index in [0.717, 1.165) is 4.47 Å². The molecule has 0 atom stereocenters. The van der Waals surface area contributed by atoms with Gasteiger partial charge >= 0.3 is 0 Å². The van der Waals surface area contributed by atoms with Gasteiger partial charge in [0.05, 0.1) is 13.3 Å². The number of aromatic hydroxyl groups is 1. The van der Waals surface area contributed by atoms with Crippen LogP contribution in [-0.4, -0.2) is 26.8 Å². The number of hydrazone groups is 1. The van der Waals surface area contributed by atoms with Crippen molar-refractivity contribution in [1.82, 2.24) is 4.83 Å². The van der Waals surface area contributed by atoms with Crippen molar-refractivity contribution in [1.29, 1.82) is 0 Å². The molecule has 0 saturated carbocycles. The van der Waals surface area contributed by atoms with Crippen molar-refractivity contribution >= 4 is 43.8 Å². The molecule has 0 aliphatic carbocycles. The molecular weight excluding hydrogens is 408 g/mol. The van der Waals surface area contributed by atoms with Gasteiger partial charge in [0.25, 0.3) is 10.0 Å². The SMILES string of the molecule is COc1ccc(Cl)cc1S(=O)(=O)N/N=C/c1cc(Br)ccc1O. The standard InChI is InChI=1S/C14H12BrClN2O4S/c1-22-13-5-3-11(16)7-14(13)23(20,21)18-17-8-9-6-10(15)2-4-12(9)19/h2-8,18-19H,1H3/b17-8+. The zero-order chi connectivity index (χ0) is 17.0. The molecule has 0 bridgehead atoms. The van der Waals surface area contributed by atoms with E-state index in [1.807, 2.05) is 4.83 Å². The van der Waals surface area contributed by atoms with Gasteiger partial charge in [0.1, 0.15) is 16.4 Å². The smallest absolute Gasteiger partial charge is 0.280 e. The molecule has 0 aliphatic rings. The van der Waals surface area contributed by atoms with Gasteiger partial charge in [0.15, 0.2) is 0 Å². The minimum Gasteiger partial charge on any atom is -0.507 e. The number of halogens is 2. The third kappa shape index (κ3) is 4.37. The first-order chi connectivity index (χ1) is 10.8. The number of methoxy groups -OCH3 is 1. The molecule has 0 spiro atoms. The summed E-state index contributed by atoms with van der Waals surface area (Å²) < 4.78 is 30.3. The zero-order valence-corrected chi connectivity index (χ0v) is 15.0. The van der Waals surface area contributed by atoms with E-state index in [0.29, 0.717) is 5.56 Å². The summed E-state index contributed by atoms with van der Waals surface area (Å²) in [4.78, 5) is 1.91. The highest BCUT2D eigenvalue weighted by molar-refractivity contribution is 9.10. The van der Waals surface area contributed by atoms with Crippen molar-refractivity contribution in [3.63, 3.8) is 0 Å². The first-order valence-electron chi connectivity index (χ1n) is 6.20. The molecular formula is C14H12BrClN2O4S. The normalized spacial score (nSPS) is 11.6. The molecule has 0 radical (unpaired) electrons. The highest BCUT2D eigenvalue weighted by Gasteiger charge is 2.19. The molecule has 0 saturated heterocycles. The second-order valence-electron chi connectivity index (χ2n) is 4.35. The molecule has 9 heteroatoms. The van der Waals surface area contributed by atoms with Crippen molar-refractivity contribution in [3.8, 4) is 11.5 Å². The molecule has 122 valence electrons. The summed E-state index contributed by atoms with van der Waals surface area (Å²) in [5.41, 5.74) is 0.347. The molecule has 2 aromatic rings. The number of nitrogens with one attached hydrogen (secondary N) is 1. The summed E-state index contributed by atoms with van der Waals surface area (Å²) in [6.07, 6.45) is 1.19. The fourth-order valence-electron chi connectivity index (χ4n) is 1.70. The Morgan fingerprint density at radius 2 is 2.04 bits per heavy atom. The van der Waals surface area contributed by atoms with Gasteiger partial charge in [-0.25, -0.2) is 0 Å². The van der Waals surface area contributed by atoms with Gasteiger partial charge in [-0.15, -0.1) is 0 Å². The van der Waals surface area contributed by atoms with Crippen molar-refractivity contribution in [2.45, 2.75) is 4.90 Å². The maximum atomic E-state index is 12.3. The largest absolute Gasteiger partial charge is 0.507 e. The molecule has 2 aromatic carbocycles. The summed E-state index contributed by atoms with van der Waals surface area (Å²) >= 11 is 9.07. The Balaban J connectivity index is 2.27. The summed E-state index contributed by atoms with van der Waals surface area (Å²) in [7, 11) is -2.62. The van der Waals surface area contributed by atoms with Gasteiger partial charge in [-0.2, -0.15) is 18.4 Å². The highest BCUT2D eigenvalue weighted by atomic mass is 79.9. The van der Waals surface area contributed by atoms with Crippen LogP contribution >= 0.6 is 27.5 Å².